The molecule has 11 heteroatoms. The molecule has 0 spiro atoms. The van der Waals surface area contributed by atoms with E-state index in [1.54, 1.807) is 24.3 Å². The second-order valence-electron chi connectivity index (χ2n) is 10.3. The number of nitrogens with zero attached hydrogens (tertiary/aromatic N) is 3. The van der Waals surface area contributed by atoms with E-state index in [9.17, 15) is 13.2 Å². The molecular formula is C28H27FN4O5S. The SMILES string of the molecule is CC(C)(C)c1nnc(-c2cc3c(cc2F)S(=O)(=O)C[C@H](N)C(=O)N3Cc2ccc(Oc3ccccc3)cc2)o1. The highest BCUT2D eigenvalue weighted by Crippen LogP contribution is 2.37. The van der Waals surface area contributed by atoms with E-state index < -0.39 is 38.8 Å². The molecule has 39 heavy (non-hydrogen) atoms. The van der Waals surface area contributed by atoms with Gasteiger partial charge >= 0.3 is 0 Å². The van der Waals surface area contributed by atoms with Crippen molar-refractivity contribution in [3.63, 3.8) is 0 Å². The number of ether oxygens (including phenoxy) is 1. The van der Waals surface area contributed by atoms with Crippen LogP contribution in [0.4, 0.5) is 10.1 Å². The van der Waals surface area contributed by atoms with Crippen LogP contribution >= 0.6 is 0 Å². The Kier molecular flexibility index (Phi) is 6.73. The van der Waals surface area contributed by atoms with Crippen molar-refractivity contribution < 1.29 is 26.8 Å². The van der Waals surface area contributed by atoms with Crippen LogP contribution in [0.1, 0.15) is 32.2 Å². The predicted octanol–water partition coefficient (Wildman–Crippen LogP) is 4.61. The number of para-hydroxylation sites is 1. The second kappa shape index (κ2) is 9.90. The summed E-state index contributed by atoms with van der Waals surface area (Å²) in [5, 5.41) is 7.96. The van der Waals surface area contributed by atoms with Crippen LogP contribution in [0.2, 0.25) is 0 Å². The van der Waals surface area contributed by atoms with Crippen LogP contribution in [-0.2, 0) is 26.6 Å². The summed E-state index contributed by atoms with van der Waals surface area (Å²) in [5.41, 5.74) is 6.07. The first kappa shape index (κ1) is 26.5. The van der Waals surface area contributed by atoms with Crippen molar-refractivity contribution in [2.75, 3.05) is 10.7 Å². The normalized spacial score (nSPS) is 17.0. The lowest BCUT2D eigenvalue weighted by Gasteiger charge is -2.24. The van der Waals surface area contributed by atoms with Gasteiger partial charge in [-0.15, -0.1) is 10.2 Å². The Labute approximate surface area is 225 Å². The summed E-state index contributed by atoms with van der Waals surface area (Å²) in [6.45, 7) is 5.58. The lowest BCUT2D eigenvalue weighted by atomic mass is 9.97. The number of halogens is 1. The lowest BCUT2D eigenvalue weighted by molar-refractivity contribution is -0.119. The Hall–Kier alpha value is -4.09. The van der Waals surface area contributed by atoms with Crippen molar-refractivity contribution in [2.45, 2.75) is 43.7 Å². The van der Waals surface area contributed by atoms with E-state index in [0.29, 0.717) is 17.1 Å². The molecule has 1 amide bonds. The van der Waals surface area contributed by atoms with Crippen molar-refractivity contribution in [2.24, 2.45) is 5.73 Å². The molecule has 0 unspecified atom stereocenters. The number of aromatic nitrogens is 2. The molecule has 2 N–H and O–H groups in total. The minimum absolute atomic E-state index is 0.00975. The molecule has 0 aliphatic carbocycles. The number of fused-ring (bicyclic) bond motifs is 1. The number of carbonyl (C=O) groups excluding carboxylic acids is 1. The van der Waals surface area contributed by atoms with Crippen LogP contribution in [-0.4, -0.2) is 36.3 Å². The lowest BCUT2D eigenvalue weighted by Crippen LogP contribution is -2.45. The van der Waals surface area contributed by atoms with Crippen molar-refractivity contribution >= 4 is 21.4 Å². The molecule has 1 atom stereocenters. The van der Waals surface area contributed by atoms with Crippen LogP contribution in [0.5, 0.6) is 11.5 Å². The second-order valence-corrected chi connectivity index (χ2v) is 12.3. The molecule has 1 aliphatic heterocycles. The van der Waals surface area contributed by atoms with Gasteiger partial charge in [0, 0.05) is 5.41 Å². The Morgan fingerprint density at radius 1 is 1.05 bits per heavy atom. The molecule has 4 aromatic rings. The van der Waals surface area contributed by atoms with Crippen LogP contribution in [0.15, 0.2) is 76.0 Å². The average Bonchev–Trinajstić information content (AvgIpc) is 3.37. The van der Waals surface area contributed by atoms with Crippen LogP contribution in [0, 0.1) is 5.82 Å². The number of rotatable bonds is 5. The van der Waals surface area contributed by atoms with Crippen LogP contribution in [0.3, 0.4) is 0 Å². The van der Waals surface area contributed by atoms with Gasteiger partial charge in [-0.1, -0.05) is 51.1 Å². The van der Waals surface area contributed by atoms with Crippen molar-refractivity contribution in [1.82, 2.24) is 10.2 Å². The molecule has 2 heterocycles. The molecule has 1 aliphatic rings. The number of sulfone groups is 1. The smallest absolute Gasteiger partial charge is 0.250 e. The minimum atomic E-state index is -4.08. The van der Waals surface area contributed by atoms with E-state index >= 15 is 4.39 Å². The summed E-state index contributed by atoms with van der Waals surface area (Å²) in [4.78, 5) is 14.3. The summed E-state index contributed by atoms with van der Waals surface area (Å²) >= 11 is 0. The predicted molar refractivity (Wildman–Crippen MR) is 143 cm³/mol. The maximum absolute atomic E-state index is 15.3. The molecule has 0 saturated carbocycles. The monoisotopic (exact) mass is 550 g/mol. The fourth-order valence-corrected chi connectivity index (χ4v) is 5.72. The van der Waals surface area contributed by atoms with Gasteiger partial charge in [-0.05, 0) is 42.0 Å². The third-order valence-electron chi connectivity index (χ3n) is 6.20. The minimum Gasteiger partial charge on any atom is -0.457 e. The number of carbonyl (C=O) groups is 1. The van der Waals surface area contributed by atoms with Gasteiger partial charge in [0.1, 0.15) is 17.3 Å². The first-order valence-corrected chi connectivity index (χ1v) is 13.9. The summed E-state index contributed by atoms with van der Waals surface area (Å²) in [7, 11) is -4.08. The van der Waals surface area contributed by atoms with Gasteiger partial charge in [-0.2, -0.15) is 0 Å². The Morgan fingerprint density at radius 2 is 1.72 bits per heavy atom. The van der Waals surface area contributed by atoms with Crippen molar-refractivity contribution in [1.29, 1.82) is 0 Å². The topological polar surface area (TPSA) is 129 Å². The summed E-state index contributed by atoms with van der Waals surface area (Å²) in [6, 6.07) is 17.1. The molecule has 3 aromatic carbocycles. The van der Waals surface area contributed by atoms with E-state index in [1.165, 1.54) is 11.0 Å². The summed E-state index contributed by atoms with van der Waals surface area (Å²) in [6.07, 6.45) is 0. The zero-order valence-electron chi connectivity index (χ0n) is 21.6. The highest BCUT2D eigenvalue weighted by molar-refractivity contribution is 7.91. The highest BCUT2D eigenvalue weighted by Gasteiger charge is 2.37. The van der Waals surface area contributed by atoms with Gasteiger partial charge < -0.3 is 19.8 Å². The van der Waals surface area contributed by atoms with Crippen LogP contribution < -0.4 is 15.4 Å². The Morgan fingerprint density at radius 3 is 2.36 bits per heavy atom. The van der Waals surface area contributed by atoms with E-state index in [1.807, 2.05) is 51.1 Å². The zero-order chi connectivity index (χ0) is 27.9. The largest absolute Gasteiger partial charge is 0.457 e. The fraction of sp³-hybridized carbons (Fsp3) is 0.250. The molecule has 5 rings (SSSR count). The first-order valence-electron chi connectivity index (χ1n) is 12.2. The van der Waals surface area contributed by atoms with Crippen molar-refractivity contribution in [3.8, 4) is 23.0 Å². The van der Waals surface area contributed by atoms with Gasteiger partial charge in [0.05, 0.1) is 34.5 Å². The molecule has 9 nitrogen and oxygen atoms in total. The van der Waals surface area contributed by atoms with Crippen LogP contribution in [0.25, 0.3) is 11.5 Å². The maximum Gasteiger partial charge on any atom is 0.250 e. The molecule has 0 bridgehead atoms. The Bertz CT molecular complexity index is 1630. The zero-order valence-corrected chi connectivity index (χ0v) is 22.4. The third-order valence-corrected chi connectivity index (χ3v) is 7.99. The van der Waals surface area contributed by atoms with E-state index in [-0.39, 0.29) is 34.5 Å². The fourth-order valence-electron chi connectivity index (χ4n) is 4.15. The van der Waals surface area contributed by atoms with Gasteiger partial charge in [0.2, 0.25) is 11.8 Å². The number of amides is 1. The number of anilines is 1. The highest BCUT2D eigenvalue weighted by atomic mass is 32.2. The van der Waals surface area contributed by atoms with E-state index in [4.69, 9.17) is 14.9 Å². The molecular weight excluding hydrogens is 523 g/mol. The van der Waals surface area contributed by atoms with E-state index in [0.717, 1.165) is 6.07 Å². The average molecular weight is 551 g/mol. The van der Waals surface area contributed by atoms with Gasteiger partial charge in [-0.3, -0.25) is 4.79 Å². The first-order chi connectivity index (χ1) is 18.4. The summed E-state index contributed by atoms with van der Waals surface area (Å²) in [5.74, 6) is -0.710. The van der Waals surface area contributed by atoms with E-state index in [2.05, 4.69) is 10.2 Å². The van der Waals surface area contributed by atoms with Gasteiger partial charge in [0.25, 0.3) is 5.89 Å². The molecule has 0 saturated heterocycles. The number of benzene rings is 3. The number of hydrogen-bond acceptors (Lipinski definition) is 8. The third kappa shape index (κ3) is 5.41. The Balaban J connectivity index is 1.54. The maximum atomic E-state index is 15.3. The quantitative estimate of drug-likeness (QED) is 0.381. The van der Waals surface area contributed by atoms with Gasteiger partial charge in [-0.25, -0.2) is 12.8 Å². The standard InChI is InChI=1S/C28H27FN4O5S/c1-28(2,3)27-32-31-25(38-27)20-13-23-24(14-21(20)29)39(35,36)16-22(30)26(34)33(23)15-17-9-11-19(12-10-17)37-18-7-5-4-6-8-18/h4-14,22H,15-16,30H2,1-3H3/t22-/m0/s1. The number of hydrogen-bond donors (Lipinski definition) is 1. The number of nitrogens with two attached hydrogens (primary N) is 1. The van der Waals surface area contributed by atoms with Crippen molar-refractivity contribution in [3.05, 3.63) is 84.0 Å². The van der Waals surface area contributed by atoms with Gasteiger partial charge in [0.15, 0.2) is 9.84 Å². The molecule has 1 aromatic heterocycles. The molecule has 0 fully saturated rings. The molecule has 0 radical (unpaired) electrons. The molecule has 202 valence electrons. The summed E-state index contributed by atoms with van der Waals surface area (Å²) < 4.78 is 53.0.